The van der Waals surface area contributed by atoms with E-state index in [0.29, 0.717) is 10.5 Å². The van der Waals surface area contributed by atoms with Gasteiger partial charge in [-0.3, -0.25) is 0 Å². The van der Waals surface area contributed by atoms with Gasteiger partial charge in [0.1, 0.15) is 0 Å². The van der Waals surface area contributed by atoms with Gasteiger partial charge in [-0.25, -0.2) is 13.1 Å². The fraction of sp³-hybridized carbons (Fsp3) is 0.333. The number of rotatable bonds is 5. The quantitative estimate of drug-likeness (QED) is 0.706. The summed E-state index contributed by atoms with van der Waals surface area (Å²) in [6.45, 7) is 7.37. The van der Waals surface area contributed by atoms with E-state index in [1.807, 2.05) is 75.8 Å². The fourth-order valence-electron chi connectivity index (χ4n) is 3.59. The minimum Gasteiger partial charge on any atom is -0.387 e. The maximum atomic E-state index is 13.0. The van der Waals surface area contributed by atoms with Crippen molar-refractivity contribution in [3.63, 3.8) is 0 Å². The Bertz CT molecular complexity index is 1090. The van der Waals surface area contributed by atoms with Gasteiger partial charge in [0.2, 0.25) is 10.0 Å². The summed E-state index contributed by atoms with van der Waals surface area (Å²) in [6.07, 6.45) is 0.911. The second kappa shape index (κ2) is 7.11. The second-order valence-corrected chi connectivity index (χ2v) is 8.87. The van der Waals surface area contributed by atoms with E-state index in [9.17, 15) is 13.5 Å². The molecule has 1 atom stereocenters. The third kappa shape index (κ3) is 3.52. The number of aliphatic hydroxyl groups excluding tert-OH is 1. The van der Waals surface area contributed by atoms with Crippen LogP contribution in [0.2, 0.25) is 0 Å². The molecule has 0 radical (unpaired) electrons. The number of benzene rings is 2. The van der Waals surface area contributed by atoms with Crippen LogP contribution in [0, 0.1) is 27.7 Å². The van der Waals surface area contributed by atoms with E-state index in [-0.39, 0.29) is 6.54 Å². The molecule has 3 rings (SSSR count). The van der Waals surface area contributed by atoms with Crippen LogP contribution in [0.5, 0.6) is 0 Å². The first-order valence-electron chi connectivity index (χ1n) is 8.92. The van der Waals surface area contributed by atoms with Gasteiger partial charge >= 0.3 is 0 Å². The summed E-state index contributed by atoms with van der Waals surface area (Å²) in [5.41, 5.74) is 5.07. The van der Waals surface area contributed by atoms with E-state index < -0.39 is 16.1 Å². The standard InChI is InChI=1S/C21H26N2O3S/c1-13-10-14(2)16(4)21(15(13)3)27(25,26)22-11-20(24)18-12-23(5)19-9-7-6-8-17(18)19/h6-10,12,20,22,24H,11H2,1-5H3. The number of para-hydroxylation sites is 1. The molecular formula is C21H26N2O3S. The van der Waals surface area contributed by atoms with Crippen molar-refractivity contribution in [3.8, 4) is 0 Å². The van der Waals surface area contributed by atoms with Gasteiger partial charge < -0.3 is 9.67 Å². The second-order valence-electron chi connectivity index (χ2n) is 7.17. The average molecular weight is 387 g/mol. The third-order valence-corrected chi connectivity index (χ3v) is 7.02. The lowest BCUT2D eigenvalue weighted by molar-refractivity contribution is 0.183. The minimum atomic E-state index is -3.73. The first-order chi connectivity index (χ1) is 12.6. The van der Waals surface area contributed by atoms with Crippen LogP contribution < -0.4 is 4.72 Å². The molecule has 1 unspecified atom stereocenters. The van der Waals surface area contributed by atoms with Crippen LogP contribution in [-0.2, 0) is 17.1 Å². The Morgan fingerprint density at radius 3 is 2.30 bits per heavy atom. The topological polar surface area (TPSA) is 71.3 Å². The highest BCUT2D eigenvalue weighted by molar-refractivity contribution is 7.89. The molecule has 3 aromatic rings. The maximum Gasteiger partial charge on any atom is 0.241 e. The van der Waals surface area contributed by atoms with Crippen molar-refractivity contribution in [1.29, 1.82) is 0 Å². The van der Waals surface area contributed by atoms with Gasteiger partial charge in [-0.1, -0.05) is 24.3 Å². The zero-order chi connectivity index (χ0) is 19.9. The van der Waals surface area contributed by atoms with Crippen molar-refractivity contribution in [1.82, 2.24) is 9.29 Å². The fourth-order valence-corrected chi connectivity index (χ4v) is 5.24. The van der Waals surface area contributed by atoms with E-state index in [4.69, 9.17) is 0 Å². The molecule has 2 N–H and O–H groups in total. The molecular weight excluding hydrogens is 360 g/mol. The Kier molecular flexibility index (Phi) is 5.16. The summed E-state index contributed by atoms with van der Waals surface area (Å²) in [5.74, 6) is 0. The number of aromatic nitrogens is 1. The van der Waals surface area contributed by atoms with E-state index in [1.54, 1.807) is 0 Å². The van der Waals surface area contributed by atoms with Crippen molar-refractivity contribution in [2.24, 2.45) is 7.05 Å². The molecule has 1 heterocycles. The normalized spacial score (nSPS) is 13.3. The SMILES string of the molecule is Cc1cc(C)c(C)c(S(=O)(=O)NCC(O)c2cn(C)c3ccccc23)c1C. The summed E-state index contributed by atoms with van der Waals surface area (Å²) >= 11 is 0. The van der Waals surface area contributed by atoms with Gasteiger partial charge in [0.05, 0.1) is 11.0 Å². The monoisotopic (exact) mass is 386 g/mol. The van der Waals surface area contributed by atoms with Gasteiger partial charge in [-0.05, 0) is 56.0 Å². The van der Waals surface area contributed by atoms with E-state index in [1.165, 1.54) is 0 Å². The van der Waals surface area contributed by atoms with Crippen molar-refractivity contribution in [3.05, 3.63) is 64.3 Å². The zero-order valence-electron chi connectivity index (χ0n) is 16.4. The molecule has 0 spiro atoms. The number of nitrogens with zero attached hydrogens (tertiary/aromatic N) is 1. The van der Waals surface area contributed by atoms with E-state index in [0.717, 1.165) is 33.2 Å². The molecule has 0 saturated carbocycles. The molecule has 0 aliphatic carbocycles. The Morgan fingerprint density at radius 1 is 1.07 bits per heavy atom. The molecule has 0 aliphatic rings. The number of sulfonamides is 1. The highest BCUT2D eigenvalue weighted by Crippen LogP contribution is 2.28. The van der Waals surface area contributed by atoms with Gasteiger partial charge in [0, 0.05) is 36.3 Å². The molecule has 0 bridgehead atoms. The van der Waals surface area contributed by atoms with Crippen molar-refractivity contribution in [2.75, 3.05) is 6.54 Å². The predicted octanol–water partition coefficient (Wildman–Crippen LogP) is 3.42. The van der Waals surface area contributed by atoms with Crippen molar-refractivity contribution in [2.45, 2.75) is 38.7 Å². The summed E-state index contributed by atoms with van der Waals surface area (Å²) in [6, 6.07) is 9.74. The van der Waals surface area contributed by atoms with Crippen LogP contribution in [0.15, 0.2) is 41.4 Å². The number of nitrogens with one attached hydrogen (secondary N) is 1. The molecule has 0 fully saturated rings. The molecule has 0 saturated heterocycles. The molecule has 6 heteroatoms. The Hall–Kier alpha value is -2.15. The number of hydrogen-bond donors (Lipinski definition) is 2. The Balaban J connectivity index is 1.90. The van der Waals surface area contributed by atoms with Crippen LogP contribution in [0.1, 0.15) is 33.9 Å². The summed E-state index contributed by atoms with van der Waals surface area (Å²) in [4.78, 5) is 0.310. The van der Waals surface area contributed by atoms with Gasteiger partial charge in [-0.2, -0.15) is 0 Å². The summed E-state index contributed by atoms with van der Waals surface area (Å²) in [7, 11) is -1.83. The molecule has 27 heavy (non-hydrogen) atoms. The van der Waals surface area contributed by atoms with Crippen molar-refractivity contribution < 1.29 is 13.5 Å². The maximum absolute atomic E-state index is 13.0. The molecule has 0 aliphatic heterocycles. The van der Waals surface area contributed by atoms with Crippen LogP contribution in [0.3, 0.4) is 0 Å². The van der Waals surface area contributed by atoms with Gasteiger partial charge in [-0.15, -0.1) is 0 Å². The molecule has 2 aromatic carbocycles. The third-order valence-electron chi connectivity index (χ3n) is 5.32. The minimum absolute atomic E-state index is 0.0811. The average Bonchev–Trinajstić information content (AvgIpc) is 2.95. The largest absolute Gasteiger partial charge is 0.387 e. The highest BCUT2D eigenvalue weighted by Gasteiger charge is 2.24. The van der Waals surface area contributed by atoms with Crippen LogP contribution in [0.25, 0.3) is 10.9 Å². The Labute approximate surface area is 160 Å². The van der Waals surface area contributed by atoms with E-state index >= 15 is 0 Å². The summed E-state index contributed by atoms with van der Waals surface area (Å²) < 4.78 is 30.4. The number of hydrogen-bond acceptors (Lipinski definition) is 3. The van der Waals surface area contributed by atoms with Crippen LogP contribution in [-0.4, -0.2) is 24.6 Å². The highest BCUT2D eigenvalue weighted by atomic mass is 32.2. The first-order valence-corrected chi connectivity index (χ1v) is 10.4. The summed E-state index contributed by atoms with van der Waals surface area (Å²) in [5, 5.41) is 11.6. The lowest BCUT2D eigenvalue weighted by Gasteiger charge is -2.17. The predicted molar refractivity (Wildman–Crippen MR) is 108 cm³/mol. The van der Waals surface area contributed by atoms with Crippen LogP contribution >= 0.6 is 0 Å². The molecule has 0 amide bonds. The molecule has 1 aromatic heterocycles. The number of aryl methyl sites for hydroxylation is 3. The van der Waals surface area contributed by atoms with Crippen LogP contribution in [0.4, 0.5) is 0 Å². The smallest absolute Gasteiger partial charge is 0.241 e. The first kappa shape index (κ1) is 19.6. The van der Waals surface area contributed by atoms with Gasteiger partial charge in [0.15, 0.2) is 0 Å². The number of fused-ring (bicyclic) bond motifs is 1. The molecule has 144 valence electrons. The van der Waals surface area contributed by atoms with Gasteiger partial charge in [0.25, 0.3) is 0 Å². The number of aliphatic hydroxyl groups is 1. The Morgan fingerprint density at radius 2 is 1.67 bits per heavy atom. The lowest BCUT2D eigenvalue weighted by Crippen LogP contribution is -2.30. The molecule has 5 nitrogen and oxygen atoms in total. The van der Waals surface area contributed by atoms with Crippen molar-refractivity contribution >= 4 is 20.9 Å². The lowest BCUT2D eigenvalue weighted by atomic mass is 10.0. The van der Waals surface area contributed by atoms with E-state index in [2.05, 4.69) is 4.72 Å². The zero-order valence-corrected chi connectivity index (χ0v) is 17.2.